The van der Waals surface area contributed by atoms with E-state index >= 15 is 0 Å². The summed E-state index contributed by atoms with van der Waals surface area (Å²) in [5, 5.41) is 3.22. The van der Waals surface area contributed by atoms with E-state index in [9.17, 15) is 4.39 Å². The van der Waals surface area contributed by atoms with Crippen LogP contribution in [0, 0.1) is 5.82 Å². The molecule has 2 bridgehead atoms. The number of hydrogen-bond donors (Lipinski definition) is 0. The van der Waals surface area contributed by atoms with Crippen molar-refractivity contribution >= 4 is 27.4 Å². The standard InChI is InChI=1S/C17H16FN5S/c18-12-3-11(5-19-6-12)7-22-8-13-4-14(9-22)23(13)16-15-1-2-24-17(15)21-10-20-16/h1-3,5-6,10,13-14H,4,7-9H2. The Balaban J connectivity index is 1.35. The summed E-state index contributed by atoms with van der Waals surface area (Å²) in [6.07, 6.45) is 5.87. The average Bonchev–Trinajstić information content (AvgIpc) is 3.04. The molecule has 3 aliphatic heterocycles. The molecule has 0 aromatic carbocycles. The molecule has 2 unspecified atom stereocenters. The van der Waals surface area contributed by atoms with Crippen molar-refractivity contribution in [2.75, 3.05) is 18.0 Å². The van der Waals surface area contributed by atoms with Gasteiger partial charge in [0.25, 0.3) is 0 Å². The molecule has 0 spiro atoms. The lowest BCUT2D eigenvalue weighted by molar-refractivity contribution is 0.108. The molecule has 0 saturated carbocycles. The highest BCUT2D eigenvalue weighted by Crippen LogP contribution is 2.39. The van der Waals surface area contributed by atoms with Crippen LogP contribution in [0.5, 0.6) is 0 Å². The molecule has 0 N–H and O–H groups in total. The van der Waals surface area contributed by atoms with Crippen molar-refractivity contribution in [2.24, 2.45) is 0 Å². The van der Waals surface area contributed by atoms with Gasteiger partial charge >= 0.3 is 0 Å². The number of hydrogen-bond acceptors (Lipinski definition) is 6. The van der Waals surface area contributed by atoms with Crippen LogP contribution in [0.15, 0.2) is 36.2 Å². The number of anilines is 1. The molecular weight excluding hydrogens is 325 g/mol. The number of aromatic nitrogens is 3. The third kappa shape index (κ3) is 2.27. The van der Waals surface area contributed by atoms with Crippen LogP contribution >= 0.6 is 11.3 Å². The zero-order valence-corrected chi connectivity index (χ0v) is 13.8. The van der Waals surface area contributed by atoms with Crippen LogP contribution in [0.2, 0.25) is 0 Å². The first-order valence-corrected chi connectivity index (χ1v) is 8.94. The van der Waals surface area contributed by atoms with E-state index in [0.717, 1.165) is 41.2 Å². The number of piperazine rings is 1. The SMILES string of the molecule is Fc1cncc(CN2CC3CC(C2)N3c2ncnc3sccc23)c1. The average molecular weight is 341 g/mol. The van der Waals surface area contributed by atoms with E-state index < -0.39 is 0 Å². The van der Waals surface area contributed by atoms with Gasteiger partial charge in [0, 0.05) is 37.9 Å². The van der Waals surface area contributed by atoms with Crippen molar-refractivity contribution in [3.05, 3.63) is 47.6 Å². The number of fused-ring (bicyclic) bond motifs is 3. The number of rotatable bonds is 3. The van der Waals surface area contributed by atoms with E-state index in [0.29, 0.717) is 12.1 Å². The lowest BCUT2D eigenvalue weighted by Crippen LogP contribution is -2.69. The van der Waals surface area contributed by atoms with Crippen LogP contribution < -0.4 is 4.90 Å². The van der Waals surface area contributed by atoms with Crippen LogP contribution in [-0.2, 0) is 6.54 Å². The number of pyridine rings is 1. The largest absolute Gasteiger partial charge is 0.347 e. The van der Waals surface area contributed by atoms with E-state index in [2.05, 4.69) is 36.2 Å². The van der Waals surface area contributed by atoms with E-state index in [4.69, 9.17) is 0 Å². The molecule has 3 aromatic rings. The second-order valence-electron chi connectivity index (χ2n) is 6.49. The predicted molar refractivity (Wildman–Crippen MR) is 91.6 cm³/mol. The van der Waals surface area contributed by atoms with Crippen LogP contribution in [0.4, 0.5) is 10.2 Å². The second-order valence-corrected chi connectivity index (χ2v) is 7.39. The fraction of sp³-hybridized carbons (Fsp3) is 0.353. The minimum atomic E-state index is -0.267. The number of piperidine rings is 1. The Kier molecular flexibility index (Phi) is 3.24. The smallest absolute Gasteiger partial charge is 0.141 e. The highest BCUT2D eigenvalue weighted by molar-refractivity contribution is 7.16. The van der Waals surface area contributed by atoms with Gasteiger partial charge in [-0.15, -0.1) is 11.3 Å². The Morgan fingerprint density at radius 3 is 2.92 bits per heavy atom. The third-order valence-electron chi connectivity index (χ3n) is 4.92. The molecule has 3 fully saturated rings. The lowest BCUT2D eigenvalue weighted by atomic mass is 9.87. The maximum Gasteiger partial charge on any atom is 0.141 e. The van der Waals surface area contributed by atoms with E-state index in [-0.39, 0.29) is 5.82 Å². The van der Waals surface area contributed by atoms with Crippen LogP contribution in [-0.4, -0.2) is 45.0 Å². The van der Waals surface area contributed by atoms with Crippen LogP contribution in [0.3, 0.4) is 0 Å². The monoisotopic (exact) mass is 341 g/mol. The van der Waals surface area contributed by atoms with Crippen molar-refractivity contribution < 1.29 is 4.39 Å². The number of halogens is 1. The predicted octanol–water partition coefficient (Wildman–Crippen LogP) is 2.69. The molecule has 0 radical (unpaired) electrons. The molecule has 3 aromatic heterocycles. The second kappa shape index (κ2) is 5.46. The molecule has 0 aliphatic carbocycles. The maximum atomic E-state index is 13.3. The normalized spacial score (nSPS) is 23.5. The summed E-state index contributed by atoms with van der Waals surface area (Å²) in [5.41, 5.74) is 0.935. The highest BCUT2D eigenvalue weighted by atomic mass is 32.1. The summed E-state index contributed by atoms with van der Waals surface area (Å²) in [6, 6.07) is 4.63. The molecule has 0 amide bonds. The van der Waals surface area contributed by atoms with Gasteiger partial charge in [0.15, 0.2) is 0 Å². The Labute approximate surface area is 142 Å². The summed E-state index contributed by atoms with van der Waals surface area (Å²) in [5.74, 6) is 0.798. The van der Waals surface area contributed by atoms with E-state index in [1.54, 1.807) is 29.9 Å². The first kappa shape index (κ1) is 14.2. The minimum absolute atomic E-state index is 0.267. The fourth-order valence-electron chi connectivity index (χ4n) is 3.96. The minimum Gasteiger partial charge on any atom is -0.347 e. The topological polar surface area (TPSA) is 45.2 Å². The van der Waals surface area contributed by atoms with Gasteiger partial charge in [-0.1, -0.05) is 0 Å². The highest BCUT2D eigenvalue weighted by Gasteiger charge is 2.45. The summed E-state index contributed by atoms with van der Waals surface area (Å²) < 4.78 is 13.3. The first-order chi connectivity index (χ1) is 11.8. The van der Waals surface area contributed by atoms with Gasteiger partial charge in [-0.3, -0.25) is 9.88 Å². The quantitative estimate of drug-likeness (QED) is 0.733. The van der Waals surface area contributed by atoms with Gasteiger partial charge in [-0.05, 0) is 29.5 Å². The van der Waals surface area contributed by atoms with Gasteiger partial charge in [0.05, 0.1) is 11.6 Å². The number of thiophene rings is 1. The molecule has 24 heavy (non-hydrogen) atoms. The fourth-order valence-corrected chi connectivity index (χ4v) is 4.68. The molecule has 5 nitrogen and oxygen atoms in total. The van der Waals surface area contributed by atoms with Crippen LogP contribution in [0.25, 0.3) is 10.2 Å². The first-order valence-electron chi connectivity index (χ1n) is 8.06. The molecule has 2 atom stereocenters. The molecular formula is C17H16FN5S. The molecule has 3 aliphatic rings. The van der Waals surface area contributed by atoms with Gasteiger partial charge in [0.2, 0.25) is 0 Å². The summed E-state index contributed by atoms with van der Waals surface area (Å²) in [4.78, 5) is 18.7. The molecule has 6 rings (SSSR count). The number of nitrogens with zero attached hydrogens (tertiary/aromatic N) is 5. The van der Waals surface area contributed by atoms with E-state index in [1.807, 2.05) is 0 Å². The van der Waals surface area contributed by atoms with Gasteiger partial charge in [-0.25, -0.2) is 14.4 Å². The van der Waals surface area contributed by atoms with Gasteiger partial charge < -0.3 is 4.90 Å². The van der Waals surface area contributed by atoms with Crippen molar-refractivity contribution in [1.29, 1.82) is 0 Å². The molecule has 7 heteroatoms. The van der Waals surface area contributed by atoms with Crippen LogP contribution in [0.1, 0.15) is 12.0 Å². The zero-order valence-electron chi connectivity index (χ0n) is 13.0. The van der Waals surface area contributed by atoms with Gasteiger partial charge in [0.1, 0.15) is 22.8 Å². The summed E-state index contributed by atoms with van der Waals surface area (Å²) >= 11 is 1.65. The van der Waals surface area contributed by atoms with Crippen molar-refractivity contribution in [2.45, 2.75) is 25.0 Å². The van der Waals surface area contributed by atoms with Crippen molar-refractivity contribution in [3.8, 4) is 0 Å². The Hall–Kier alpha value is -2.12. The van der Waals surface area contributed by atoms with Crippen molar-refractivity contribution in [3.63, 3.8) is 0 Å². The Morgan fingerprint density at radius 1 is 1.21 bits per heavy atom. The zero-order chi connectivity index (χ0) is 16.1. The molecule has 3 saturated heterocycles. The Bertz CT molecular complexity index is 885. The third-order valence-corrected chi connectivity index (χ3v) is 5.74. The lowest BCUT2D eigenvalue weighted by Gasteiger charge is -2.57. The maximum absolute atomic E-state index is 13.3. The summed E-state index contributed by atoms with van der Waals surface area (Å²) in [6.45, 7) is 2.70. The van der Waals surface area contributed by atoms with Gasteiger partial charge in [-0.2, -0.15) is 0 Å². The molecule has 122 valence electrons. The summed E-state index contributed by atoms with van der Waals surface area (Å²) in [7, 11) is 0. The molecule has 6 heterocycles. The van der Waals surface area contributed by atoms with Crippen molar-refractivity contribution in [1.82, 2.24) is 19.9 Å². The van der Waals surface area contributed by atoms with E-state index in [1.165, 1.54) is 12.6 Å². The Morgan fingerprint density at radius 2 is 2.08 bits per heavy atom.